The second-order valence-electron chi connectivity index (χ2n) is 4.28. The number of rotatable bonds is 5. The van der Waals surface area contributed by atoms with Crippen molar-refractivity contribution in [1.29, 1.82) is 0 Å². The van der Waals surface area contributed by atoms with E-state index in [1.54, 1.807) is 13.8 Å². The van der Waals surface area contributed by atoms with Crippen LogP contribution in [0.5, 0.6) is 5.75 Å². The van der Waals surface area contributed by atoms with Gasteiger partial charge in [-0.1, -0.05) is 13.8 Å². The molecule has 1 atom stereocenters. The highest BCUT2D eigenvalue weighted by atomic mass is 19.1. The van der Waals surface area contributed by atoms with Crippen LogP contribution in [0.3, 0.4) is 0 Å². The Morgan fingerprint density at radius 2 is 2.00 bits per heavy atom. The highest BCUT2D eigenvalue weighted by Gasteiger charge is 2.27. The maximum Gasteiger partial charge on any atom is 0.307 e. The number of amides is 1. The van der Waals surface area contributed by atoms with Crippen molar-refractivity contribution in [1.82, 2.24) is 5.43 Å². The van der Waals surface area contributed by atoms with Crippen LogP contribution in [0.1, 0.15) is 13.8 Å². The zero-order valence-corrected chi connectivity index (χ0v) is 10.7. The number of nitrogens with two attached hydrogens (primary N) is 1. The Bertz CT molecular complexity index is 537. The van der Waals surface area contributed by atoms with E-state index in [1.165, 1.54) is 0 Å². The molecule has 0 heterocycles. The predicted octanol–water partition coefficient (Wildman–Crippen LogP) is 1.27. The fourth-order valence-electron chi connectivity index (χ4n) is 1.46. The second-order valence-corrected chi connectivity index (χ2v) is 4.28. The van der Waals surface area contributed by atoms with E-state index in [4.69, 9.17) is 10.6 Å². The lowest BCUT2D eigenvalue weighted by atomic mass is 10.1. The van der Waals surface area contributed by atoms with E-state index < -0.39 is 40.0 Å². The summed E-state index contributed by atoms with van der Waals surface area (Å²) in [7, 11) is 0. The van der Waals surface area contributed by atoms with Gasteiger partial charge in [-0.3, -0.25) is 20.3 Å². The summed E-state index contributed by atoms with van der Waals surface area (Å²) in [4.78, 5) is 20.8. The monoisotopic (exact) mass is 289 g/mol. The van der Waals surface area contributed by atoms with Crippen LogP contribution in [0.2, 0.25) is 0 Å². The van der Waals surface area contributed by atoms with Crippen LogP contribution >= 0.6 is 0 Å². The van der Waals surface area contributed by atoms with Gasteiger partial charge in [-0.15, -0.1) is 0 Å². The molecule has 0 saturated carbocycles. The minimum atomic E-state index is -1.26. The number of halogens is 2. The molecule has 1 rings (SSSR count). The molecule has 1 aromatic carbocycles. The lowest BCUT2D eigenvalue weighted by molar-refractivity contribution is -0.387. The van der Waals surface area contributed by atoms with Crippen molar-refractivity contribution >= 4 is 11.6 Å². The average molecular weight is 289 g/mol. The lowest BCUT2D eigenvalue weighted by Gasteiger charge is -2.20. The molecule has 110 valence electrons. The van der Waals surface area contributed by atoms with Crippen LogP contribution in [-0.2, 0) is 4.79 Å². The van der Waals surface area contributed by atoms with E-state index in [2.05, 4.69) is 0 Å². The Labute approximate surface area is 112 Å². The Kier molecular flexibility index (Phi) is 4.92. The summed E-state index contributed by atoms with van der Waals surface area (Å²) in [6.45, 7) is 3.22. The zero-order chi connectivity index (χ0) is 15.4. The molecule has 3 N–H and O–H groups in total. The molecule has 0 radical (unpaired) electrons. The number of carbonyl (C=O) groups is 1. The van der Waals surface area contributed by atoms with Gasteiger partial charge in [0.2, 0.25) is 5.82 Å². The van der Waals surface area contributed by atoms with Gasteiger partial charge in [0.15, 0.2) is 17.7 Å². The third-order valence-corrected chi connectivity index (χ3v) is 2.46. The molecule has 0 aliphatic rings. The third-order valence-electron chi connectivity index (χ3n) is 2.46. The van der Waals surface area contributed by atoms with Crippen molar-refractivity contribution in [2.75, 3.05) is 0 Å². The van der Waals surface area contributed by atoms with Crippen molar-refractivity contribution in [3.05, 3.63) is 33.9 Å². The molecule has 7 nitrogen and oxygen atoms in total. The van der Waals surface area contributed by atoms with E-state index in [9.17, 15) is 23.7 Å². The number of ether oxygens (including phenoxy) is 1. The maximum atomic E-state index is 13.6. The third kappa shape index (κ3) is 3.38. The van der Waals surface area contributed by atoms with Gasteiger partial charge in [0, 0.05) is 6.07 Å². The first-order chi connectivity index (χ1) is 9.27. The highest BCUT2D eigenvalue weighted by Crippen LogP contribution is 2.28. The van der Waals surface area contributed by atoms with E-state index in [1.807, 2.05) is 5.43 Å². The van der Waals surface area contributed by atoms with Crippen molar-refractivity contribution in [3.8, 4) is 5.75 Å². The first-order valence-electron chi connectivity index (χ1n) is 5.58. The van der Waals surface area contributed by atoms with E-state index in [0.29, 0.717) is 12.1 Å². The highest BCUT2D eigenvalue weighted by molar-refractivity contribution is 5.80. The van der Waals surface area contributed by atoms with Crippen LogP contribution in [0, 0.1) is 27.7 Å². The van der Waals surface area contributed by atoms with Crippen LogP contribution in [0.4, 0.5) is 14.5 Å². The Morgan fingerprint density at radius 1 is 1.40 bits per heavy atom. The minimum absolute atomic E-state index is 0.379. The standard InChI is InChI=1S/C11H13F2N3O4/c1-5(2)10(11(17)15-14)20-9-4-6(12)8(16(18)19)3-7(9)13/h3-5,10H,14H2,1-2H3,(H,15,17). The molecule has 20 heavy (non-hydrogen) atoms. The average Bonchev–Trinajstić information content (AvgIpc) is 2.37. The van der Waals surface area contributed by atoms with Gasteiger partial charge in [0.1, 0.15) is 0 Å². The van der Waals surface area contributed by atoms with Crippen molar-refractivity contribution in [3.63, 3.8) is 0 Å². The fraction of sp³-hybridized carbons (Fsp3) is 0.364. The largest absolute Gasteiger partial charge is 0.477 e. The predicted molar refractivity (Wildman–Crippen MR) is 64.6 cm³/mol. The Morgan fingerprint density at radius 3 is 2.45 bits per heavy atom. The van der Waals surface area contributed by atoms with Gasteiger partial charge in [-0.05, 0) is 5.92 Å². The number of carbonyl (C=O) groups excluding carboxylic acids is 1. The van der Waals surface area contributed by atoms with Gasteiger partial charge in [0.25, 0.3) is 5.91 Å². The molecule has 0 spiro atoms. The number of nitro groups is 1. The van der Waals surface area contributed by atoms with Gasteiger partial charge in [-0.2, -0.15) is 4.39 Å². The number of hydrogen-bond acceptors (Lipinski definition) is 5. The first-order valence-corrected chi connectivity index (χ1v) is 5.58. The molecular formula is C11H13F2N3O4. The number of nitro benzene ring substituents is 1. The smallest absolute Gasteiger partial charge is 0.307 e. The Hall–Kier alpha value is -2.29. The fourth-order valence-corrected chi connectivity index (χ4v) is 1.46. The lowest BCUT2D eigenvalue weighted by Crippen LogP contribution is -2.45. The molecule has 1 unspecified atom stereocenters. The molecule has 0 fully saturated rings. The van der Waals surface area contributed by atoms with Crippen LogP contribution in [0.25, 0.3) is 0 Å². The van der Waals surface area contributed by atoms with Crippen molar-refractivity contribution in [2.24, 2.45) is 11.8 Å². The molecule has 9 heteroatoms. The normalized spacial score (nSPS) is 12.1. The Balaban J connectivity index is 3.11. The molecule has 0 aliphatic carbocycles. The van der Waals surface area contributed by atoms with Crippen molar-refractivity contribution in [2.45, 2.75) is 20.0 Å². The van der Waals surface area contributed by atoms with Crippen LogP contribution in [0.15, 0.2) is 12.1 Å². The molecule has 0 bridgehead atoms. The van der Waals surface area contributed by atoms with E-state index >= 15 is 0 Å². The maximum absolute atomic E-state index is 13.6. The molecular weight excluding hydrogens is 276 g/mol. The number of hydrazine groups is 1. The number of nitrogens with zero attached hydrogens (tertiary/aromatic N) is 1. The van der Waals surface area contributed by atoms with Gasteiger partial charge < -0.3 is 4.74 Å². The summed E-state index contributed by atoms with van der Waals surface area (Å²) in [6, 6.07) is 0.912. The summed E-state index contributed by atoms with van der Waals surface area (Å²) < 4.78 is 32.1. The molecule has 0 aliphatic heterocycles. The molecule has 0 aromatic heterocycles. The quantitative estimate of drug-likeness (QED) is 0.367. The van der Waals surface area contributed by atoms with Gasteiger partial charge in [-0.25, -0.2) is 10.2 Å². The molecule has 1 amide bonds. The van der Waals surface area contributed by atoms with E-state index in [0.717, 1.165) is 0 Å². The second kappa shape index (κ2) is 6.24. The summed E-state index contributed by atoms with van der Waals surface area (Å²) in [5.41, 5.74) is 0.827. The summed E-state index contributed by atoms with van der Waals surface area (Å²) >= 11 is 0. The summed E-state index contributed by atoms with van der Waals surface area (Å²) in [5.74, 6) is 0.849. The number of benzene rings is 1. The minimum Gasteiger partial charge on any atom is -0.477 e. The molecule has 0 saturated heterocycles. The van der Waals surface area contributed by atoms with Gasteiger partial charge in [0.05, 0.1) is 11.0 Å². The van der Waals surface area contributed by atoms with Crippen LogP contribution in [-0.4, -0.2) is 16.9 Å². The van der Waals surface area contributed by atoms with Gasteiger partial charge >= 0.3 is 5.69 Å². The van der Waals surface area contributed by atoms with Crippen molar-refractivity contribution < 1.29 is 23.2 Å². The summed E-state index contributed by atoms with van der Waals surface area (Å²) in [6.07, 6.45) is -1.16. The van der Waals surface area contributed by atoms with E-state index in [-0.39, 0.29) is 5.92 Å². The summed E-state index contributed by atoms with van der Waals surface area (Å²) in [5, 5.41) is 10.4. The SMILES string of the molecule is CC(C)C(Oc1cc(F)c([N+](=O)[O-])cc1F)C(=O)NN. The molecule has 1 aromatic rings. The topological polar surface area (TPSA) is 107 Å². The van der Waals surface area contributed by atoms with Crippen LogP contribution < -0.4 is 16.0 Å². The first kappa shape index (κ1) is 15.8. The zero-order valence-electron chi connectivity index (χ0n) is 10.7. The number of hydrogen-bond donors (Lipinski definition) is 2. The number of nitrogens with one attached hydrogen (secondary N) is 1.